The van der Waals surface area contributed by atoms with Crippen LogP contribution in [0, 0.1) is 0 Å². The summed E-state index contributed by atoms with van der Waals surface area (Å²) in [5.41, 5.74) is 1.69. The average molecular weight is 251 g/mol. The van der Waals surface area contributed by atoms with Crippen molar-refractivity contribution in [1.29, 1.82) is 0 Å². The maximum absolute atomic E-state index is 11.3. The van der Waals surface area contributed by atoms with Crippen molar-refractivity contribution in [3.05, 3.63) is 36.7 Å². The molecule has 0 aliphatic rings. The van der Waals surface area contributed by atoms with Gasteiger partial charge in [-0.25, -0.2) is 8.42 Å². The smallest absolute Gasteiger partial charge is 0.175 e. The van der Waals surface area contributed by atoms with E-state index in [0.29, 0.717) is 4.90 Å². The van der Waals surface area contributed by atoms with Crippen molar-refractivity contribution in [3.63, 3.8) is 0 Å². The van der Waals surface area contributed by atoms with Crippen molar-refractivity contribution in [1.82, 2.24) is 9.78 Å². The number of rotatable bonds is 3. The number of hydrogen-bond acceptors (Lipinski definition) is 4. The zero-order valence-corrected chi connectivity index (χ0v) is 10.4. The van der Waals surface area contributed by atoms with Gasteiger partial charge in [-0.2, -0.15) is 5.10 Å². The average Bonchev–Trinajstić information content (AvgIpc) is 2.63. The highest BCUT2D eigenvalue weighted by atomic mass is 32.2. The molecule has 0 saturated carbocycles. The van der Waals surface area contributed by atoms with Crippen LogP contribution in [0.3, 0.4) is 0 Å². The largest absolute Gasteiger partial charge is 0.353 e. The van der Waals surface area contributed by atoms with Gasteiger partial charge in [0.2, 0.25) is 0 Å². The van der Waals surface area contributed by atoms with E-state index in [1.807, 2.05) is 13.2 Å². The standard InChI is InChI=1S/C11H13N3O2S/c1-14-8-10(7-12-14)13-9-3-5-11(6-4-9)17(2,15)16/h3-8,13H,1-2H3. The van der Waals surface area contributed by atoms with Crippen molar-refractivity contribution >= 4 is 21.2 Å². The van der Waals surface area contributed by atoms with Crippen molar-refractivity contribution in [2.75, 3.05) is 11.6 Å². The monoisotopic (exact) mass is 251 g/mol. The Bertz CT molecular complexity index is 614. The summed E-state index contributed by atoms with van der Waals surface area (Å²) in [5, 5.41) is 7.15. The first-order valence-electron chi connectivity index (χ1n) is 5.01. The lowest BCUT2D eigenvalue weighted by Crippen LogP contribution is -1.97. The molecular weight excluding hydrogens is 238 g/mol. The first-order valence-corrected chi connectivity index (χ1v) is 6.90. The lowest BCUT2D eigenvalue weighted by atomic mass is 10.3. The summed E-state index contributed by atoms with van der Waals surface area (Å²) in [6.07, 6.45) is 4.73. The molecule has 0 saturated heterocycles. The second-order valence-corrected chi connectivity index (χ2v) is 5.84. The molecule has 0 aliphatic carbocycles. The zero-order valence-electron chi connectivity index (χ0n) is 9.58. The zero-order chi connectivity index (χ0) is 12.5. The van der Waals surface area contributed by atoms with E-state index < -0.39 is 9.84 Å². The summed E-state index contributed by atoms with van der Waals surface area (Å²) >= 11 is 0. The third kappa shape index (κ3) is 2.85. The van der Waals surface area contributed by atoms with Gasteiger partial charge in [0.1, 0.15) is 0 Å². The molecule has 17 heavy (non-hydrogen) atoms. The van der Waals surface area contributed by atoms with E-state index in [4.69, 9.17) is 0 Å². The van der Waals surface area contributed by atoms with Gasteiger partial charge < -0.3 is 5.32 Å². The third-order valence-corrected chi connectivity index (χ3v) is 3.40. The Morgan fingerprint density at radius 3 is 2.29 bits per heavy atom. The minimum atomic E-state index is -3.13. The molecule has 0 radical (unpaired) electrons. The number of nitrogens with one attached hydrogen (secondary N) is 1. The molecule has 1 heterocycles. The minimum absolute atomic E-state index is 0.314. The van der Waals surface area contributed by atoms with Gasteiger partial charge in [-0.3, -0.25) is 4.68 Å². The summed E-state index contributed by atoms with van der Waals surface area (Å²) in [4.78, 5) is 0.314. The maximum Gasteiger partial charge on any atom is 0.175 e. The van der Waals surface area contributed by atoms with E-state index in [9.17, 15) is 8.42 Å². The lowest BCUT2D eigenvalue weighted by Gasteiger charge is -2.04. The van der Waals surface area contributed by atoms with Crippen LogP contribution in [-0.4, -0.2) is 24.5 Å². The van der Waals surface area contributed by atoms with Gasteiger partial charge in [0.15, 0.2) is 9.84 Å². The van der Waals surface area contributed by atoms with E-state index in [1.165, 1.54) is 6.26 Å². The molecule has 1 aromatic heterocycles. The summed E-state index contributed by atoms with van der Waals surface area (Å²) in [6.45, 7) is 0. The molecule has 2 aromatic rings. The van der Waals surface area contributed by atoms with Crippen LogP contribution in [0.2, 0.25) is 0 Å². The van der Waals surface area contributed by atoms with E-state index in [-0.39, 0.29) is 0 Å². The van der Waals surface area contributed by atoms with Gasteiger partial charge in [0, 0.05) is 25.2 Å². The number of aryl methyl sites for hydroxylation is 1. The highest BCUT2D eigenvalue weighted by Gasteiger charge is 2.06. The first-order chi connectivity index (χ1) is 7.95. The molecule has 90 valence electrons. The quantitative estimate of drug-likeness (QED) is 0.899. The Labute approximate surface area is 100 Å². The van der Waals surface area contributed by atoms with Crippen LogP contribution >= 0.6 is 0 Å². The molecule has 5 nitrogen and oxygen atoms in total. The molecule has 0 unspecified atom stereocenters. The highest BCUT2D eigenvalue weighted by Crippen LogP contribution is 2.18. The predicted octanol–water partition coefficient (Wildman–Crippen LogP) is 1.57. The summed E-state index contributed by atoms with van der Waals surface area (Å²) in [5.74, 6) is 0. The lowest BCUT2D eigenvalue weighted by molar-refractivity contribution is 0.602. The Morgan fingerprint density at radius 2 is 1.82 bits per heavy atom. The second-order valence-electron chi connectivity index (χ2n) is 3.82. The van der Waals surface area contributed by atoms with E-state index in [2.05, 4.69) is 10.4 Å². The summed E-state index contributed by atoms with van der Waals surface area (Å²) in [6, 6.07) is 6.61. The minimum Gasteiger partial charge on any atom is -0.353 e. The van der Waals surface area contributed by atoms with Crippen molar-refractivity contribution < 1.29 is 8.42 Å². The van der Waals surface area contributed by atoms with Gasteiger partial charge >= 0.3 is 0 Å². The van der Waals surface area contributed by atoms with Crippen LogP contribution in [0.25, 0.3) is 0 Å². The van der Waals surface area contributed by atoms with Crippen molar-refractivity contribution in [2.45, 2.75) is 4.90 Å². The molecule has 0 atom stereocenters. The summed E-state index contributed by atoms with van der Waals surface area (Å²) in [7, 11) is -1.30. The number of hydrogen-bond donors (Lipinski definition) is 1. The van der Waals surface area contributed by atoms with Crippen LogP contribution in [-0.2, 0) is 16.9 Å². The van der Waals surface area contributed by atoms with Crippen LogP contribution in [0.15, 0.2) is 41.6 Å². The first kappa shape index (κ1) is 11.7. The van der Waals surface area contributed by atoms with E-state index in [0.717, 1.165) is 11.4 Å². The molecule has 0 spiro atoms. The molecule has 0 fully saturated rings. The number of anilines is 2. The Kier molecular flexibility index (Phi) is 2.89. The highest BCUT2D eigenvalue weighted by molar-refractivity contribution is 7.90. The molecule has 0 amide bonds. The van der Waals surface area contributed by atoms with Crippen LogP contribution in [0.1, 0.15) is 0 Å². The molecule has 2 rings (SSSR count). The number of benzene rings is 1. The van der Waals surface area contributed by atoms with Gasteiger partial charge in [0.05, 0.1) is 16.8 Å². The topological polar surface area (TPSA) is 64.0 Å². The Balaban J connectivity index is 2.19. The van der Waals surface area contributed by atoms with Gasteiger partial charge in [-0.05, 0) is 24.3 Å². The van der Waals surface area contributed by atoms with Crippen LogP contribution < -0.4 is 5.32 Å². The van der Waals surface area contributed by atoms with E-state index >= 15 is 0 Å². The second kappa shape index (κ2) is 4.21. The van der Waals surface area contributed by atoms with Gasteiger partial charge in [0.25, 0.3) is 0 Å². The number of aromatic nitrogens is 2. The van der Waals surface area contributed by atoms with E-state index in [1.54, 1.807) is 35.1 Å². The van der Waals surface area contributed by atoms with Crippen molar-refractivity contribution in [3.8, 4) is 0 Å². The molecule has 1 N–H and O–H groups in total. The molecule has 1 aromatic carbocycles. The normalized spacial score (nSPS) is 11.4. The fraction of sp³-hybridized carbons (Fsp3) is 0.182. The van der Waals surface area contributed by atoms with Gasteiger partial charge in [-0.1, -0.05) is 0 Å². The Morgan fingerprint density at radius 1 is 1.18 bits per heavy atom. The fourth-order valence-electron chi connectivity index (χ4n) is 1.44. The van der Waals surface area contributed by atoms with Crippen LogP contribution in [0.5, 0.6) is 0 Å². The SMILES string of the molecule is Cn1cc(Nc2ccc(S(C)(=O)=O)cc2)cn1. The summed E-state index contributed by atoms with van der Waals surface area (Å²) < 4.78 is 24.2. The van der Waals surface area contributed by atoms with Crippen molar-refractivity contribution in [2.24, 2.45) is 7.05 Å². The third-order valence-electron chi connectivity index (χ3n) is 2.28. The molecule has 0 bridgehead atoms. The fourth-order valence-corrected chi connectivity index (χ4v) is 2.07. The molecule has 0 aliphatic heterocycles. The Hall–Kier alpha value is -1.82. The van der Waals surface area contributed by atoms with Crippen LogP contribution in [0.4, 0.5) is 11.4 Å². The van der Waals surface area contributed by atoms with Gasteiger partial charge in [-0.15, -0.1) is 0 Å². The number of nitrogens with zero attached hydrogens (tertiary/aromatic N) is 2. The maximum atomic E-state index is 11.3. The predicted molar refractivity (Wildman–Crippen MR) is 66.0 cm³/mol. The molecular formula is C11H13N3O2S. The number of sulfone groups is 1. The molecule has 6 heteroatoms.